The van der Waals surface area contributed by atoms with Crippen LogP contribution >= 0.6 is 0 Å². The summed E-state index contributed by atoms with van der Waals surface area (Å²) in [6.07, 6.45) is 0. The van der Waals surface area contributed by atoms with E-state index < -0.39 is 10.0 Å². The molecule has 0 saturated carbocycles. The highest BCUT2D eigenvalue weighted by molar-refractivity contribution is 7.89. The van der Waals surface area contributed by atoms with Crippen molar-refractivity contribution in [1.29, 1.82) is 0 Å². The second kappa shape index (κ2) is 9.18. The predicted octanol–water partition coefficient (Wildman–Crippen LogP) is 3.30. The minimum Gasteiger partial charge on any atom is -0.372 e. The number of amides is 1. The van der Waals surface area contributed by atoms with E-state index in [4.69, 9.17) is 0 Å². The number of sulfonamides is 1. The van der Waals surface area contributed by atoms with Gasteiger partial charge < -0.3 is 9.80 Å². The Kier molecular flexibility index (Phi) is 6.83. The van der Waals surface area contributed by atoms with E-state index in [0.717, 1.165) is 29.9 Å². The third-order valence-electron chi connectivity index (χ3n) is 5.88. The Morgan fingerprint density at radius 2 is 1.50 bits per heavy atom. The van der Waals surface area contributed by atoms with Crippen molar-refractivity contribution in [3.8, 4) is 0 Å². The lowest BCUT2D eigenvalue weighted by atomic mass is 10.1. The summed E-state index contributed by atoms with van der Waals surface area (Å²) in [5, 5.41) is 0. The molecule has 1 saturated heterocycles. The first-order chi connectivity index (χ1) is 14.3. The van der Waals surface area contributed by atoms with Crippen LogP contribution in [0.5, 0.6) is 0 Å². The molecular weight excluding hydrogens is 398 g/mol. The number of carbonyl (C=O) groups excluding carboxylic acids is 1. The zero-order valence-corrected chi connectivity index (χ0v) is 19.1. The van der Waals surface area contributed by atoms with Crippen molar-refractivity contribution < 1.29 is 13.2 Å². The Labute approximate surface area is 180 Å². The van der Waals surface area contributed by atoms with Crippen LogP contribution in [-0.4, -0.2) is 62.8 Å². The molecule has 1 heterocycles. The number of anilines is 1. The van der Waals surface area contributed by atoms with Crippen LogP contribution in [0.4, 0.5) is 5.69 Å². The first kappa shape index (κ1) is 22.3. The van der Waals surface area contributed by atoms with Crippen molar-refractivity contribution in [2.45, 2.75) is 32.6 Å². The van der Waals surface area contributed by atoms with E-state index in [9.17, 15) is 13.2 Å². The average Bonchev–Trinajstić information content (AvgIpc) is 2.76. The Morgan fingerprint density at radius 1 is 0.900 bits per heavy atom. The van der Waals surface area contributed by atoms with E-state index in [2.05, 4.69) is 18.7 Å². The van der Waals surface area contributed by atoms with Crippen LogP contribution in [0.25, 0.3) is 0 Å². The molecule has 1 fully saturated rings. The van der Waals surface area contributed by atoms with E-state index in [1.165, 1.54) is 4.31 Å². The molecule has 0 aromatic heterocycles. The monoisotopic (exact) mass is 429 g/mol. The molecule has 0 aliphatic carbocycles. The van der Waals surface area contributed by atoms with E-state index >= 15 is 0 Å². The van der Waals surface area contributed by atoms with E-state index in [1.807, 2.05) is 44.2 Å². The van der Waals surface area contributed by atoms with Gasteiger partial charge in [-0.1, -0.05) is 6.07 Å². The standard InChI is InChI=1S/C23H31N3O3S/c1-5-24(6-2)21-10-8-20(9-11-21)23(27)25-13-15-26(16-14-25)30(28,29)22-12-7-18(3)19(4)17-22/h7-12,17H,5-6,13-16H2,1-4H3. The fraction of sp³-hybridized carbons (Fsp3) is 0.435. The maximum atomic E-state index is 13.0. The van der Waals surface area contributed by atoms with Gasteiger partial charge in [0.25, 0.3) is 5.91 Å². The van der Waals surface area contributed by atoms with Crippen LogP contribution in [0.3, 0.4) is 0 Å². The number of hydrogen-bond acceptors (Lipinski definition) is 4. The summed E-state index contributed by atoms with van der Waals surface area (Å²) in [5.41, 5.74) is 3.76. The van der Waals surface area contributed by atoms with Crippen molar-refractivity contribution >= 4 is 21.6 Å². The molecule has 30 heavy (non-hydrogen) atoms. The number of aryl methyl sites for hydroxylation is 2. The van der Waals surface area contributed by atoms with Gasteiger partial charge in [-0.05, 0) is 75.2 Å². The molecule has 7 heteroatoms. The van der Waals surface area contributed by atoms with E-state index in [0.29, 0.717) is 36.6 Å². The second-order valence-electron chi connectivity index (χ2n) is 7.66. The van der Waals surface area contributed by atoms with Crippen LogP contribution in [0.2, 0.25) is 0 Å². The third-order valence-corrected chi connectivity index (χ3v) is 7.78. The van der Waals surface area contributed by atoms with Crippen molar-refractivity contribution in [2.24, 2.45) is 0 Å². The SMILES string of the molecule is CCN(CC)c1ccc(C(=O)N2CCN(S(=O)(=O)c3ccc(C)c(C)c3)CC2)cc1. The van der Waals surface area contributed by atoms with Gasteiger partial charge in [0.2, 0.25) is 10.0 Å². The van der Waals surface area contributed by atoms with Crippen LogP contribution in [-0.2, 0) is 10.0 Å². The molecule has 6 nitrogen and oxygen atoms in total. The molecule has 0 N–H and O–H groups in total. The Morgan fingerprint density at radius 3 is 2.03 bits per heavy atom. The molecule has 2 aromatic rings. The Bertz CT molecular complexity index is 991. The number of benzene rings is 2. The van der Waals surface area contributed by atoms with Crippen molar-refractivity contribution in [3.05, 3.63) is 59.2 Å². The predicted molar refractivity (Wildman–Crippen MR) is 121 cm³/mol. The van der Waals surface area contributed by atoms with Crippen molar-refractivity contribution in [1.82, 2.24) is 9.21 Å². The number of nitrogens with zero attached hydrogens (tertiary/aromatic N) is 3. The number of piperazine rings is 1. The minimum atomic E-state index is -3.55. The summed E-state index contributed by atoms with van der Waals surface area (Å²) in [4.78, 5) is 17.2. The van der Waals surface area contributed by atoms with Gasteiger partial charge in [-0.15, -0.1) is 0 Å². The lowest BCUT2D eigenvalue weighted by Crippen LogP contribution is -2.50. The lowest BCUT2D eigenvalue weighted by Gasteiger charge is -2.34. The summed E-state index contributed by atoms with van der Waals surface area (Å²) in [6.45, 7) is 11.3. The zero-order chi connectivity index (χ0) is 21.9. The first-order valence-corrected chi connectivity index (χ1v) is 11.9. The molecule has 0 atom stereocenters. The number of rotatable bonds is 6. The summed E-state index contributed by atoms with van der Waals surface area (Å²) in [7, 11) is -3.55. The highest BCUT2D eigenvalue weighted by Gasteiger charge is 2.30. The van der Waals surface area contributed by atoms with E-state index in [-0.39, 0.29) is 5.91 Å². The molecule has 2 aromatic carbocycles. The summed E-state index contributed by atoms with van der Waals surface area (Å²) < 4.78 is 27.4. The topological polar surface area (TPSA) is 60.9 Å². The molecular formula is C23H31N3O3S. The minimum absolute atomic E-state index is 0.0516. The van der Waals surface area contributed by atoms with Crippen LogP contribution in [0.15, 0.2) is 47.4 Å². The van der Waals surface area contributed by atoms with E-state index in [1.54, 1.807) is 17.0 Å². The lowest BCUT2D eigenvalue weighted by molar-refractivity contribution is 0.0698. The van der Waals surface area contributed by atoms with Gasteiger partial charge in [-0.25, -0.2) is 8.42 Å². The van der Waals surface area contributed by atoms with Gasteiger partial charge >= 0.3 is 0 Å². The normalized spacial score (nSPS) is 15.3. The third kappa shape index (κ3) is 4.52. The maximum absolute atomic E-state index is 13.0. The highest BCUT2D eigenvalue weighted by Crippen LogP contribution is 2.22. The molecule has 0 unspecified atom stereocenters. The molecule has 1 aliphatic heterocycles. The van der Waals surface area contributed by atoms with Crippen molar-refractivity contribution in [2.75, 3.05) is 44.2 Å². The smallest absolute Gasteiger partial charge is 0.253 e. The fourth-order valence-corrected chi connectivity index (χ4v) is 5.25. The van der Waals surface area contributed by atoms with Gasteiger partial charge in [0.05, 0.1) is 4.90 Å². The van der Waals surface area contributed by atoms with Crippen LogP contribution in [0, 0.1) is 13.8 Å². The first-order valence-electron chi connectivity index (χ1n) is 10.5. The van der Waals surface area contributed by atoms with Gasteiger partial charge in [-0.2, -0.15) is 4.31 Å². The summed E-state index contributed by atoms with van der Waals surface area (Å²) in [6, 6.07) is 12.9. The fourth-order valence-electron chi connectivity index (χ4n) is 3.74. The molecule has 1 aliphatic rings. The largest absolute Gasteiger partial charge is 0.372 e. The molecule has 0 bridgehead atoms. The number of hydrogen-bond donors (Lipinski definition) is 0. The maximum Gasteiger partial charge on any atom is 0.253 e. The summed E-state index contributed by atoms with van der Waals surface area (Å²) >= 11 is 0. The number of carbonyl (C=O) groups is 1. The molecule has 162 valence electrons. The Balaban J connectivity index is 1.66. The van der Waals surface area contributed by atoms with Gasteiger partial charge in [0, 0.05) is 50.5 Å². The molecule has 1 amide bonds. The summed E-state index contributed by atoms with van der Waals surface area (Å²) in [5.74, 6) is -0.0516. The average molecular weight is 430 g/mol. The quantitative estimate of drug-likeness (QED) is 0.707. The molecule has 3 rings (SSSR count). The van der Waals surface area contributed by atoms with Crippen LogP contribution in [0.1, 0.15) is 35.3 Å². The van der Waals surface area contributed by atoms with Gasteiger partial charge in [-0.3, -0.25) is 4.79 Å². The molecule has 0 spiro atoms. The van der Waals surface area contributed by atoms with Crippen molar-refractivity contribution in [3.63, 3.8) is 0 Å². The highest BCUT2D eigenvalue weighted by atomic mass is 32.2. The second-order valence-corrected chi connectivity index (χ2v) is 9.60. The Hall–Kier alpha value is -2.38. The molecule has 0 radical (unpaired) electrons. The van der Waals surface area contributed by atoms with Crippen LogP contribution < -0.4 is 4.90 Å². The van der Waals surface area contributed by atoms with Gasteiger partial charge in [0.15, 0.2) is 0 Å². The van der Waals surface area contributed by atoms with Gasteiger partial charge in [0.1, 0.15) is 0 Å². The zero-order valence-electron chi connectivity index (χ0n) is 18.3.